The summed E-state index contributed by atoms with van der Waals surface area (Å²) in [5.41, 5.74) is 7.91. The number of nitrogens with zero attached hydrogens (tertiary/aromatic N) is 1. The average molecular weight is 291 g/mol. The Morgan fingerprint density at radius 3 is 2.81 bits per heavy atom. The van der Waals surface area contributed by atoms with Crippen molar-refractivity contribution >= 4 is 5.84 Å². The number of hydrogen-bond acceptors (Lipinski definition) is 4. The van der Waals surface area contributed by atoms with Gasteiger partial charge in [-0.05, 0) is 42.4 Å². The van der Waals surface area contributed by atoms with Crippen LogP contribution < -0.4 is 15.8 Å². The molecule has 1 aromatic rings. The Balaban J connectivity index is 1.95. The number of rotatable bonds is 8. The Morgan fingerprint density at radius 2 is 2.24 bits per heavy atom. The zero-order valence-electron chi connectivity index (χ0n) is 12.9. The molecule has 5 heteroatoms. The second kappa shape index (κ2) is 6.80. The molecule has 0 unspecified atom stereocenters. The fourth-order valence-electron chi connectivity index (χ4n) is 2.81. The van der Waals surface area contributed by atoms with Crippen LogP contribution in [0.2, 0.25) is 0 Å². The van der Waals surface area contributed by atoms with E-state index in [2.05, 4.69) is 17.4 Å². The number of nitrogens with two attached hydrogens (primary N) is 1. The topological polar surface area (TPSA) is 79.9 Å². The van der Waals surface area contributed by atoms with Crippen LogP contribution >= 0.6 is 0 Å². The SMILES string of the molecule is CCCC1(CNCc2ccc(/C(N)=N/O)c(OC)c2)CC1. The van der Waals surface area contributed by atoms with Crippen molar-refractivity contribution in [3.05, 3.63) is 29.3 Å². The van der Waals surface area contributed by atoms with Crippen molar-refractivity contribution in [2.75, 3.05) is 13.7 Å². The minimum absolute atomic E-state index is 0.0613. The fraction of sp³-hybridized carbons (Fsp3) is 0.562. The molecular weight excluding hydrogens is 266 g/mol. The fourth-order valence-corrected chi connectivity index (χ4v) is 2.81. The highest BCUT2D eigenvalue weighted by molar-refractivity contribution is 5.99. The van der Waals surface area contributed by atoms with E-state index in [9.17, 15) is 0 Å². The molecule has 0 atom stereocenters. The molecule has 0 saturated heterocycles. The molecule has 0 heterocycles. The number of nitrogens with one attached hydrogen (secondary N) is 1. The summed E-state index contributed by atoms with van der Waals surface area (Å²) in [7, 11) is 1.58. The first-order chi connectivity index (χ1) is 10.1. The lowest BCUT2D eigenvalue weighted by atomic mass is 10.0. The van der Waals surface area contributed by atoms with Crippen LogP contribution in [0.1, 0.15) is 43.7 Å². The standard InChI is InChI=1S/C16H25N3O2/c1-3-6-16(7-8-16)11-18-10-12-4-5-13(15(17)19-20)14(9-12)21-2/h4-5,9,18,20H,3,6-8,10-11H2,1-2H3,(H2,17,19). The van der Waals surface area contributed by atoms with Crippen molar-refractivity contribution in [2.45, 2.75) is 39.2 Å². The number of benzene rings is 1. The molecule has 0 radical (unpaired) electrons. The maximum absolute atomic E-state index is 8.76. The van der Waals surface area contributed by atoms with Gasteiger partial charge < -0.3 is 21.0 Å². The highest BCUT2D eigenvalue weighted by atomic mass is 16.5. The number of amidine groups is 1. The van der Waals surface area contributed by atoms with Crippen molar-refractivity contribution in [2.24, 2.45) is 16.3 Å². The van der Waals surface area contributed by atoms with E-state index in [-0.39, 0.29) is 5.84 Å². The molecule has 2 rings (SSSR count). The summed E-state index contributed by atoms with van der Waals surface area (Å²) in [4.78, 5) is 0. The minimum Gasteiger partial charge on any atom is -0.496 e. The molecule has 1 aliphatic rings. The van der Waals surface area contributed by atoms with E-state index in [0.717, 1.165) is 18.7 Å². The number of methoxy groups -OCH3 is 1. The van der Waals surface area contributed by atoms with Crippen molar-refractivity contribution in [3.8, 4) is 5.75 Å². The van der Waals surface area contributed by atoms with Crippen molar-refractivity contribution in [3.63, 3.8) is 0 Å². The first kappa shape index (κ1) is 15.6. The van der Waals surface area contributed by atoms with E-state index in [1.807, 2.05) is 18.2 Å². The molecule has 5 nitrogen and oxygen atoms in total. The number of oxime groups is 1. The van der Waals surface area contributed by atoms with E-state index in [1.54, 1.807) is 7.11 Å². The molecule has 21 heavy (non-hydrogen) atoms. The van der Waals surface area contributed by atoms with Gasteiger partial charge in [0.2, 0.25) is 0 Å². The van der Waals surface area contributed by atoms with Gasteiger partial charge in [-0.15, -0.1) is 0 Å². The van der Waals surface area contributed by atoms with E-state index >= 15 is 0 Å². The van der Waals surface area contributed by atoms with Crippen molar-refractivity contribution in [1.29, 1.82) is 0 Å². The Labute approximate surface area is 126 Å². The second-order valence-corrected chi connectivity index (χ2v) is 5.87. The van der Waals surface area contributed by atoms with Gasteiger partial charge in [0.25, 0.3) is 0 Å². The van der Waals surface area contributed by atoms with E-state index in [4.69, 9.17) is 15.7 Å². The normalized spacial score (nSPS) is 16.8. The van der Waals surface area contributed by atoms with Crippen LogP contribution in [0.15, 0.2) is 23.4 Å². The van der Waals surface area contributed by atoms with Crippen LogP contribution in [0.3, 0.4) is 0 Å². The summed E-state index contributed by atoms with van der Waals surface area (Å²) in [5, 5.41) is 15.3. The molecule has 0 spiro atoms. The van der Waals surface area contributed by atoms with Gasteiger partial charge in [-0.25, -0.2) is 0 Å². The lowest BCUT2D eigenvalue weighted by Crippen LogP contribution is -2.23. The van der Waals surface area contributed by atoms with Gasteiger partial charge in [-0.3, -0.25) is 0 Å². The van der Waals surface area contributed by atoms with Gasteiger partial charge >= 0.3 is 0 Å². The van der Waals surface area contributed by atoms with Crippen LogP contribution in [0, 0.1) is 5.41 Å². The van der Waals surface area contributed by atoms with Gasteiger partial charge in [-0.2, -0.15) is 0 Å². The molecule has 0 aromatic heterocycles. The molecule has 0 bridgehead atoms. The monoisotopic (exact) mass is 291 g/mol. The van der Waals surface area contributed by atoms with Gasteiger partial charge in [0.15, 0.2) is 5.84 Å². The third kappa shape index (κ3) is 3.88. The zero-order valence-corrected chi connectivity index (χ0v) is 12.9. The maximum atomic E-state index is 8.76. The highest BCUT2D eigenvalue weighted by Crippen LogP contribution is 2.48. The molecule has 1 aromatic carbocycles. The van der Waals surface area contributed by atoms with Crippen molar-refractivity contribution < 1.29 is 9.94 Å². The van der Waals surface area contributed by atoms with Crippen LogP contribution in [0.4, 0.5) is 0 Å². The molecular formula is C16H25N3O2. The molecule has 1 fully saturated rings. The Hall–Kier alpha value is -1.75. The maximum Gasteiger partial charge on any atom is 0.173 e. The first-order valence-corrected chi connectivity index (χ1v) is 7.49. The number of hydrogen-bond donors (Lipinski definition) is 3. The Kier molecular flexibility index (Phi) is 5.07. The smallest absolute Gasteiger partial charge is 0.173 e. The summed E-state index contributed by atoms with van der Waals surface area (Å²) in [6, 6.07) is 5.73. The third-order valence-corrected chi connectivity index (χ3v) is 4.22. The second-order valence-electron chi connectivity index (χ2n) is 5.87. The zero-order chi connectivity index (χ0) is 15.3. The molecule has 4 N–H and O–H groups in total. The quantitative estimate of drug-likeness (QED) is 0.297. The summed E-state index contributed by atoms with van der Waals surface area (Å²) in [5.74, 6) is 0.686. The average Bonchev–Trinajstić information content (AvgIpc) is 3.26. The van der Waals surface area contributed by atoms with Crippen LogP contribution in [-0.4, -0.2) is 24.7 Å². The molecule has 116 valence electrons. The summed E-state index contributed by atoms with van der Waals surface area (Å²) < 4.78 is 5.31. The third-order valence-electron chi connectivity index (χ3n) is 4.22. The predicted molar refractivity (Wildman–Crippen MR) is 83.8 cm³/mol. The van der Waals surface area contributed by atoms with Crippen LogP contribution in [0.5, 0.6) is 5.75 Å². The molecule has 1 saturated carbocycles. The Morgan fingerprint density at radius 1 is 1.48 bits per heavy atom. The van der Waals surface area contributed by atoms with Gasteiger partial charge in [0, 0.05) is 13.1 Å². The van der Waals surface area contributed by atoms with Gasteiger partial charge in [0.1, 0.15) is 5.75 Å². The predicted octanol–water partition coefficient (Wildman–Crippen LogP) is 2.46. The summed E-state index contributed by atoms with van der Waals surface area (Å²) in [6.45, 7) is 4.13. The van der Waals surface area contributed by atoms with E-state index in [0.29, 0.717) is 16.7 Å². The van der Waals surface area contributed by atoms with Crippen LogP contribution in [0.25, 0.3) is 0 Å². The van der Waals surface area contributed by atoms with E-state index < -0.39 is 0 Å². The lowest BCUT2D eigenvalue weighted by molar-refractivity contribution is 0.318. The largest absolute Gasteiger partial charge is 0.496 e. The molecule has 0 aliphatic heterocycles. The summed E-state index contributed by atoms with van der Waals surface area (Å²) >= 11 is 0. The first-order valence-electron chi connectivity index (χ1n) is 7.49. The minimum atomic E-state index is 0.0613. The highest BCUT2D eigenvalue weighted by Gasteiger charge is 2.40. The summed E-state index contributed by atoms with van der Waals surface area (Å²) in [6.07, 6.45) is 5.26. The van der Waals surface area contributed by atoms with Gasteiger partial charge in [0.05, 0.1) is 12.7 Å². The lowest BCUT2D eigenvalue weighted by Gasteiger charge is -2.15. The van der Waals surface area contributed by atoms with Crippen LogP contribution in [-0.2, 0) is 6.54 Å². The Bertz CT molecular complexity index is 510. The molecule has 1 aliphatic carbocycles. The number of ether oxygens (including phenoxy) is 1. The van der Waals surface area contributed by atoms with Crippen molar-refractivity contribution in [1.82, 2.24) is 5.32 Å². The molecule has 0 amide bonds. The van der Waals surface area contributed by atoms with E-state index in [1.165, 1.54) is 25.7 Å². The van der Waals surface area contributed by atoms with Gasteiger partial charge in [-0.1, -0.05) is 24.6 Å².